The van der Waals surface area contributed by atoms with Crippen LogP contribution in [0, 0.1) is 5.41 Å². The van der Waals surface area contributed by atoms with E-state index in [1.807, 2.05) is 12.1 Å². The zero-order valence-electron chi connectivity index (χ0n) is 14.5. The molecule has 0 bridgehead atoms. The highest BCUT2D eigenvalue weighted by atomic mass is 15.0. The van der Waals surface area contributed by atoms with Crippen molar-refractivity contribution >= 4 is 11.5 Å². The minimum Gasteiger partial charge on any atom is -0.370 e. The minimum atomic E-state index is 0.689. The van der Waals surface area contributed by atoms with Crippen LogP contribution in [0.5, 0.6) is 0 Å². The lowest BCUT2D eigenvalue weighted by Gasteiger charge is -2.11. The highest BCUT2D eigenvalue weighted by Gasteiger charge is 2.07. The Morgan fingerprint density at radius 2 is 1.68 bits per heavy atom. The number of hydrogen-bond donors (Lipinski definition) is 2. The van der Waals surface area contributed by atoms with E-state index in [1.165, 1.54) is 51.4 Å². The maximum atomic E-state index is 8.12. The van der Waals surface area contributed by atoms with E-state index in [0.29, 0.717) is 5.71 Å². The van der Waals surface area contributed by atoms with Crippen molar-refractivity contribution in [3.05, 3.63) is 23.9 Å². The quantitative estimate of drug-likeness (QED) is 0.357. The van der Waals surface area contributed by atoms with Gasteiger partial charge < -0.3 is 10.7 Å². The van der Waals surface area contributed by atoms with Crippen LogP contribution in [-0.2, 0) is 0 Å². The smallest absolute Gasteiger partial charge is 0.135 e. The molecule has 0 saturated heterocycles. The first kappa shape index (κ1) is 18.7. The third-order valence-electron chi connectivity index (χ3n) is 3.96. The van der Waals surface area contributed by atoms with E-state index in [0.717, 1.165) is 30.8 Å². The SMILES string of the molecule is CCCCCCCCCCNc1ncccc1C(=N)CCC. The number of unbranched alkanes of at least 4 members (excludes halogenated alkanes) is 7. The molecule has 0 aliphatic carbocycles. The molecule has 0 aromatic carbocycles. The predicted molar refractivity (Wildman–Crippen MR) is 97.1 cm³/mol. The van der Waals surface area contributed by atoms with Gasteiger partial charge in [0.05, 0.1) is 0 Å². The third-order valence-corrected chi connectivity index (χ3v) is 3.96. The lowest BCUT2D eigenvalue weighted by atomic mass is 10.1. The van der Waals surface area contributed by atoms with Crippen LogP contribution < -0.4 is 5.32 Å². The lowest BCUT2D eigenvalue weighted by molar-refractivity contribution is 0.581. The molecule has 0 aliphatic rings. The Morgan fingerprint density at radius 3 is 2.36 bits per heavy atom. The third kappa shape index (κ3) is 7.58. The monoisotopic (exact) mass is 303 g/mol. The van der Waals surface area contributed by atoms with E-state index in [4.69, 9.17) is 5.41 Å². The summed E-state index contributed by atoms with van der Waals surface area (Å²) in [5.74, 6) is 0.879. The number of hydrogen-bond acceptors (Lipinski definition) is 3. The van der Waals surface area contributed by atoms with Crippen LogP contribution >= 0.6 is 0 Å². The lowest BCUT2D eigenvalue weighted by Crippen LogP contribution is -2.09. The highest BCUT2D eigenvalue weighted by Crippen LogP contribution is 2.15. The van der Waals surface area contributed by atoms with Crippen molar-refractivity contribution in [2.45, 2.75) is 78.1 Å². The van der Waals surface area contributed by atoms with Crippen molar-refractivity contribution in [1.82, 2.24) is 4.98 Å². The van der Waals surface area contributed by atoms with Crippen LogP contribution in [0.4, 0.5) is 5.82 Å². The predicted octanol–water partition coefficient (Wildman–Crippen LogP) is 5.80. The second-order valence-corrected chi connectivity index (χ2v) is 6.03. The fourth-order valence-corrected chi connectivity index (χ4v) is 2.64. The van der Waals surface area contributed by atoms with Gasteiger partial charge in [0.15, 0.2) is 0 Å². The van der Waals surface area contributed by atoms with Crippen molar-refractivity contribution < 1.29 is 0 Å². The average Bonchev–Trinajstić information content (AvgIpc) is 2.54. The Morgan fingerprint density at radius 1 is 1.00 bits per heavy atom. The van der Waals surface area contributed by atoms with E-state index in [2.05, 4.69) is 24.1 Å². The van der Waals surface area contributed by atoms with E-state index in [-0.39, 0.29) is 0 Å². The normalized spacial score (nSPS) is 10.6. The maximum Gasteiger partial charge on any atom is 0.135 e. The summed E-state index contributed by atoms with van der Waals surface area (Å²) in [6.07, 6.45) is 14.3. The van der Waals surface area contributed by atoms with Crippen LogP contribution in [0.15, 0.2) is 18.3 Å². The Bertz CT molecular complexity index is 415. The van der Waals surface area contributed by atoms with Gasteiger partial charge >= 0.3 is 0 Å². The van der Waals surface area contributed by atoms with E-state index in [1.54, 1.807) is 6.20 Å². The van der Waals surface area contributed by atoms with Gasteiger partial charge in [-0.25, -0.2) is 4.98 Å². The largest absolute Gasteiger partial charge is 0.370 e. The molecule has 3 nitrogen and oxygen atoms in total. The zero-order chi connectivity index (χ0) is 16.0. The number of pyridine rings is 1. The van der Waals surface area contributed by atoms with Gasteiger partial charge in [-0.1, -0.05) is 65.2 Å². The van der Waals surface area contributed by atoms with Crippen molar-refractivity contribution in [3.8, 4) is 0 Å². The summed E-state index contributed by atoms with van der Waals surface area (Å²) in [6, 6.07) is 3.92. The van der Waals surface area contributed by atoms with Crippen LogP contribution in [0.25, 0.3) is 0 Å². The molecule has 1 aromatic rings. The van der Waals surface area contributed by atoms with Crippen LogP contribution in [0.2, 0.25) is 0 Å². The van der Waals surface area contributed by atoms with E-state index < -0.39 is 0 Å². The zero-order valence-corrected chi connectivity index (χ0v) is 14.5. The second kappa shape index (κ2) is 12.2. The van der Waals surface area contributed by atoms with Gasteiger partial charge in [0, 0.05) is 24.0 Å². The molecule has 0 amide bonds. The molecule has 1 rings (SSSR count). The fourth-order valence-electron chi connectivity index (χ4n) is 2.64. The van der Waals surface area contributed by atoms with Crippen LogP contribution in [-0.4, -0.2) is 17.2 Å². The van der Waals surface area contributed by atoms with Gasteiger partial charge in [0.25, 0.3) is 0 Å². The van der Waals surface area contributed by atoms with Crippen molar-refractivity contribution in [2.75, 3.05) is 11.9 Å². The Hall–Kier alpha value is -1.38. The summed E-state index contributed by atoms with van der Waals surface area (Å²) < 4.78 is 0. The molecule has 0 spiro atoms. The number of rotatable bonds is 13. The van der Waals surface area contributed by atoms with Crippen LogP contribution in [0.3, 0.4) is 0 Å². The first-order valence-corrected chi connectivity index (χ1v) is 9.06. The van der Waals surface area contributed by atoms with Crippen LogP contribution in [0.1, 0.15) is 83.6 Å². The van der Waals surface area contributed by atoms with Gasteiger partial charge in [-0.15, -0.1) is 0 Å². The van der Waals surface area contributed by atoms with E-state index >= 15 is 0 Å². The molecule has 0 atom stereocenters. The number of aromatic nitrogens is 1. The average molecular weight is 303 g/mol. The summed E-state index contributed by atoms with van der Waals surface area (Å²) >= 11 is 0. The number of nitrogens with one attached hydrogen (secondary N) is 2. The number of anilines is 1. The Labute approximate surface area is 136 Å². The van der Waals surface area contributed by atoms with Crippen molar-refractivity contribution in [3.63, 3.8) is 0 Å². The Balaban J connectivity index is 2.21. The molecule has 0 aliphatic heterocycles. The van der Waals surface area contributed by atoms with Crippen molar-refractivity contribution in [1.29, 1.82) is 5.41 Å². The summed E-state index contributed by atoms with van der Waals surface area (Å²) in [6.45, 7) is 5.33. The maximum absolute atomic E-state index is 8.12. The summed E-state index contributed by atoms with van der Waals surface area (Å²) in [7, 11) is 0. The van der Waals surface area contributed by atoms with Gasteiger partial charge in [-0.2, -0.15) is 0 Å². The standard InChI is InChI=1S/C19H33N3/c1-3-5-6-7-8-9-10-11-15-21-19-17(14-12-16-22-19)18(20)13-4-2/h12,14,16,20H,3-11,13,15H2,1-2H3,(H,21,22). The first-order valence-electron chi connectivity index (χ1n) is 9.06. The molecule has 124 valence electrons. The van der Waals surface area contributed by atoms with Gasteiger partial charge in [0.2, 0.25) is 0 Å². The van der Waals surface area contributed by atoms with Gasteiger partial charge in [-0.3, -0.25) is 0 Å². The minimum absolute atomic E-state index is 0.689. The first-order chi connectivity index (χ1) is 10.8. The second-order valence-electron chi connectivity index (χ2n) is 6.03. The molecule has 1 heterocycles. The topological polar surface area (TPSA) is 48.8 Å². The molecule has 1 aromatic heterocycles. The highest BCUT2D eigenvalue weighted by molar-refractivity contribution is 6.02. The molecule has 22 heavy (non-hydrogen) atoms. The molecule has 0 fully saturated rings. The number of nitrogens with zero attached hydrogens (tertiary/aromatic N) is 1. The summed E-state index contributed by atoms with van der Waals surface area (Å²) in [4.78, 5) is 4.40. The molecule has 3 heteroatoms. The van der Waals surface area contributed by atoms with Gasteiger partial charge in [0.1, 0.15) is 5.82 Å². The molecule has 0 radical (unpaired) electrons. The van der Waals surface area contributed by atoms with Crippen molar-refractivity contribution in [2.24, 2.45) is 0 Å². The molecular weight excluding hydrogens is 270 g/mol. The Kier molecular flexibility index (Phi) is 10.3. The summed E-state index contributed by atoms with van der Waals surface area (Å²) in [5.41, 5.74) is 1.65. The molecule has 0 unspecified atom stereocenters. The van der Waals surface area contributed by atoms with Gasteiger partial charge in [-0.05, 0) is 25.0 Å². The molecular formula is C19H33N3. The fraction of sp³-hybridized carbons (Fsp3) is 0.684. The molecule has 2 N–H and O–H groups in total. The molecule has 0 saturated carbocycles. The summed E-state index contributed by atoms with van der Waals surface area (Å²) in [5, 5.41) is 11.5. The van der Waals surface area contributed by atoms with E-state index in [9.17, 15) is 0 Å².